The zero-order valence-electron chi connectivity index (χ0n) is 17.8. The van der Waals surface area contributed by atoms with Gasteiger partial charge in [0.1, 0.15) is 11.5 Å². The number of methoxy groups -OCH3 is 2. The topological polar surface area (TPSA) is 93.1 Å². The van der Waals surface area contributed by atoms with Crippen LogP contribution in [0.25, 0.3) is 0 Å². The van der Waals surface area contributed by atoms with E-state index < -0.39 is 11.9 Å². The molecule has 2 aliphatic carbocycles. The predicted octanol–water partition coefficient (Wildman–Crippen LogP) is 4.09. The molecular formula is C26H22O6. The first-order chi connectivity index (χ1) is 15.4. The van der Waals surface area contributed by atoms with Crippen LogP contribution in [0.5, 0.6) is 11.5 Å². The minimum absolute atomic E-state index is 0.197. The summed E-state index contributed by atoms with van der Waals surface area (Å²) >= 11 is 0. The molecule has 0 amide bonds. The van der Waals surface area contributed by atoms with Gasteiger partial charge in [0.25, 0.3) is 0 Å². The molecule has 5 rings (SSSR count). The van der Waals surface area contributed by atoms with E-state index in [1.165, 1.54) is 23.3 Å². The highest BCUT2D eigenvalue weighted by molar-refractivity contribution is 6.02. The van der Waals surface area contributed by atoms with Crippen molar-refractivity contribution in [3.63, 3.8) is 0 Å². The van der Waals surface area contributed by atoms with E-state index in [0.717, 1.165) is 57.7 Å². The van der Waals surface area contributed by atoms with Gasteiger partial charge in [0.15, 0.2) is 0 Å². The van der Waals surface area contributed by atoms with Crippen molar-refractivity contribution in [1.82, 2.24) is 0 Å². The van der Waals surface area contributed by atoms with Crippen molar-refractivity contribution in [3.8, 4) is 11.5 Å². The third-order valence-electron chi connectivity index (χ3n) is 6.62. The molecule has 0 unspecified atom stereocenters. The second-order valence-electron chi connectivity index (χ2n) is 8.23. The van der Waals surface area contributed by atoms with Gasteiger partial charge in [-0.3, -0.25) is 0 Å². The van der Waals surface area contributed by atoms with Gasteiger partial charge in [-0.15, -0.1) is 0 Å². The van der Waals surface area contributed by atoms with E-state index in [0.29, 0.717) is 12.8 Å². The molecule has 0 spiro atoms. The van der Waals surface area contributed by atoms with Gasteiger partial charge in [0.05, 0.1) is 25.3 Å². The Morgan fingerprint density at radius 1 is 0.656 bits per heavy atom. The van der Waals surface area contributed by atoms with Crippen molar-refractivity contribution >= 4 is 11.9 Å². The maximum atomic E-state index is 11.7. The quantitative estimate of drug-likeness (QED) is 0.446. The monoisotopic (exact) mass is 430 g/mol. The van der Waals surface area contributed by atoms with Gasteiger partial charge in [-0.1, -0.05) is 24.3 Å². The van der Waals surface area contributed by atoms with Crippen LogP contribution in [-0.2, 0) is 25.7 Å². The number of hydrogen-bond acceptors (Lipinski definition) is 4. The van der Waals surface area contributed by atoms with Crippen LogP contribution in [0.15, 0.2) is 36.4 Å². The number of ether oxygens (including phenoxy) is 2. The first-order valence-electron chi connectivity index (χ1n) is 10.4. The maximum Gasteiger partial charge on any atom is 0.336 e. The highest BCUT2D eigenvalue weighted by Crippen LogP contribution is 2.47. The Kier molecular flexibility index (Phi) is 4.66. The molecule has 2 N–H and O–H groups in total. The Labute approximate surface area is 185 Å². The van der Waals surface area contributed by atoms with E-state index in [9.17, 15) is 19.8 Å². The summed E-state index contributed by atoms with van der Waals surface area (Å²) in [5.74, 6) is -0.865. The second kappa shape index (κ2) is 7.41. The fraction of sp³-hybridized carbons (Fsp3) is 0.231. The average molecular weight is 430 g/mol. The highest BCUT2D eigenvalue weighted by Gasteiger charge is 2.32. The molecule has 0 heterocycles. The van der Waals surface area contributed by atoms with Gasteiger partial charge in [-0.2, -0.15) is 0 Å². The minimum atomic E-state index is -1.25. The molecule has 0 fully saturated rings. The van der Waals surface area contributed by atoms with Crippen molar-refractivity contribution < 1.29 is 29.3 Å². The SMILES string of the molecule is COc1c2c(c(OC)c3c1Cc1cc(C(=O)O)c(C(=O)O)cc1C3)Cc1ccccc1C2. The van der Waals surface area contributed by atoms with Crippen molar-refractivity contribution in [1.29, 1.82) is 0 Å². The Balaban J connectivity index is 1.71. The summed E-state index contributed by atoms with van der Waals surface area (Å²) in [4.78, 5) is 23.4. The van der Waals surface area contributed by atoms with Gasteiger partial charge in [0.2, 0.25) is 0 Å². The lowest BCUT2D eigenvalue weighted by Gasteiger charge is -2.31. The van der Waals surface area contributed by atoms with E-state index in [1.807, 2.05) is 12.1 Å². The van der Waals surface area contributed by atoms with Crippen LogP contribution >= 0.6 is 0 Å². The Morgan fingerprint density at radius 3 is 1.31 bits per heavy atom. The first-order valence-corrected chi connectivity index (χ1v) is 10.4. The van der Waals surface area contributed by atoms with Gasteiger partial charge >= 0.3 is 11.9 Å². The Bertz CT molecular complexity index is 1210. The van der Waals surface area contributed by atoms with Crippen LogP contribution in [0.4, 0.5) is 0 Å². The maximum absolute atomic E-state index is 11.7. The van der Waals surface area contributed by atoms with Crippen molar-refractivity contribution in [2.75, 3.05) is 14.2 Å². The molecule has 0 aliphatic heterocycles. The fourth-order valence-electron chi connectivity index (χ4n) is 5.19. The summed E-state index contributed by atoms with van der Waals surface area (Å²) in [6, 6.07) is 11.3. The number of carboxylic acid groups (broad SMARTS) is 2. The van der Waals surface area contributed by atoms with E-state index in [2.05, 4.69) is 12.1 Å². The Hall–Kier alpha value is -3.80. The number of aromatic carboxylic acids is 2. The highest BCUT2D eigenvalue weighted by atomic mass is 16.5. The van der Waals surface area contributed by atoms with E-state index in [-0.39, 0.29) is 11.1 Å². The van der Waals surface area contributed by atoms with Crippen LogP contribution in [0, 0.1) is 0 Å². The van der Waals surface area contributed by atoms with Crippen molar-refractivity contribution in [2.24, 2.45) is 0 Å². The van der Waals surface area contributed by atoms with Crippen LogP contribution in [-0.4, -0.2) is 36.4 Å². The molecule has 6 heteroatoms. The van der Waals surface area contributed by atoms with Crippen LogP contribution in [0.3, 0.4) is 0 Å². The predicted molar refractivity (Wildman–Crippen MR) is 118 cm³/mol. The van der Waals surface area contributed by atoms with Crippen molar-refractivity contribution in [2.45, 2.75) is 25.7 Å². The number of benzene rings is 3. The molecular weight excluding hydrogens is 408 g/mol. The number of carbonyl (C=O) groups is 2. The normalized spacial score (nSPS) is 13.3. The molecule has 0 saturated carbocycles. The van der Waals surface area contributed by atoms with Gasteiger partial charge in [-0.25, -0.2) is 9.59 Å². The number of fused-ring (bicyclic) bond motifs is 4. The summed E-state index contributed by atoms with van der Waals surface area (Å²) < 4.78 is 11.8. The lowest BCUT2D eigenvalue weighted by atomic mass is 9.77. The molecule has 0 saturated heterocycles. The lowest BCUT2D eigenvalue weighted by Crippen LogP contribution is -2.19. The van der Waals surface area contributed by atoms with Crippen molar-refractivity contribution in [3.05, 3.63) is 92.0 Å². The molecule has 2 aliphatic rings. The number of carboxylic acids is 2. The second-order valence-corrected chi connectivity index (χ2v) is 8.23. The molecule has 0 atom stereocenters. The molecule has 6 nitrogen and oxygen atoms in total. The third-order valence-corrected chi connectivity index (χ3v) is 6.62. The zero-order chi connectivity index (χ0) is 22.6. The van der Waals surface area contributed by atoms with E-state index in [1.54, 1.807) is 14.2 Å². The summed E-state index contributed by atoms with van der Waals surface area (Å²) in [7, 11) is 3.32. The minimum Gasteiger partial charge on any atom is -0.496 e. The summed E-state index contributed by atoms with van der Waals surface area (Å²) in [5, 5.41) is 19.1. The van der Waals surface area contributed by atoms with Gasteiger partial charge in [-0.05, 0) is 34.4 Å². The smallest absolute Gasteiger partial charge is 0.336 e. The zero-order valence-corrected chi connectivity index (χ0v) is 17.8. The Morgan fingerprint density at radius 2 is 1.00 bits per heavy atom. The number of rotatable bonds is 4. The lowest BCUT2D eigenvalue weighted by molar-refractivity contribution is 0.0651. The largest absolute Gasteiger partial charge is 0.496 e. The molecule has 0 aromatic heterocycles. The summed E-state index contributed by atoms with van der Waals surface area (Å²) in [6.45, 7) is 0. The van der Waals surface area contributed by atoms with Crippen LogP contribution in [0.2, 0.25) is 0 Å². The first kappa shape index (κ1) is 20.1. The molecule has 162 valence electrons. The fourth-order valence-corrected chi connectivity index (χ4v) is 5.19. The third kappa shape index (κ3) is 2.94. The summed E-state index contributed by atoms with van der Waals surface area (Å²) in [6.07, 6.45) is 2.39. The molecule has 32 heavy (non-hydrogen) atoms. The van der Waals surface area contributed by atoms with E-state index >= 15 is 0 Å². The van der Waals surface area contributed by atoms with Gasteiger partial charge in [0, 0.05) is 47.9 Å². The summed E-state index contributed by atoms with van der Waals surface area (Å²) in [5.41, 5.74) is 7.90. The average Bonchev–Trinajstić information content (AvgIpc) is 2.79. The number of hydrogen-bond donors (Lipinski definition) is 2. The van der Waals surface area contributed by atoms with Gasteiger partial charge < -0.3 is 19.7 Å². The molecule has 0 radical (unpaired) electrons. The van der Waals surface area contributed by atoms with E-state index in [4.69, 9.17) is 9.47 Å². The molecule has 3 aromatic rings. The van der Waals surface area contributed by atoms with Crippen LogP contribution < -0.4 is 9.47 Å². The molecule has 3 aromatic carbocycles. The standard InChI is InChI=1S/C26H22O6/c1-31-23-17-7-13-5-3-4-6-14(13)8-18(17)24(32-2)20-10-16-12-22(26(29)30)21(25(27)28)11-15(16)9-19(20)23/h3-6,11-12H,7-10H2,1-2H3,(H,27,28)(H,29,30). The van der Waals surface area contributed by atoms with Crippen LogP contribution in [0.1, 0.15) is 65.2 Å². The molecule has 0 bridgehead atoms.